The van der Waals surface area contributed by atoms with Gasteiger partial charge in [-0.2, -0.15) is 0 Å². The minimum atomic E-state index is 0.0488. The van der Waals surface area contributed by atoms with Crippen molar-refractivity contribution in [2.45, 2.75) is 39.2 Å². The zero-order valence-electron chi connectivity index (χ0n) is 10.4. The van der Waals surface area contributed by atoms with Gasteiger partial charge in [0.05, 0.1) is 12.2 Å². The summed E-state index contributed by atoms with van der Waals surface area (Å²) in [5.41, 5.74) is 6.39. The van der Waals surface area contributed by atoms with E-state index in [0.717, 1.165) is 25.0 Å². The van der Waals surface area contributed by atoms with Gasteiger partial charge in [0, 0.05) is 19.2 Å². The normalized spacial score (nSPS) is 10.5. The Morgan fingerprint density at radius 1 is 1.53 bits per heavy atom. The number of carbonyl (C=O) groups excluding carboxylic acids is 1. The summed E-state index contributed by atoms with van der Waals surface area (Å²) >= 11 is 0. The van der Waals surface area contributed by atoms with Crippen LogP contribution in [0.3, 0.4) is 0 Å². The first kappa shape index (κ1) is 13.6. The fourth-order valence-corrected chi connectivity index (χ4v) is 1.51. The topological polar surface area (TPSA) is 85.8 Å². The number of hydrogen-bond donors (Lipinski definition) is 2. The molecule has 0 saturated carbocycles. The van der Waals surface area contributed by atoms with E-state index >= 15 is 0 Å². The Morgan fingerprint density at radius 2 is 2.35 bits per heavy atom. The molecule has 3 N–H and O–H groups in total. The average molecular weight is 239 g/mol. The molecule has 6 nitrogen and oxygen atoms in total. The van der Waals surface area contributed by atoms with Crippen LogP contribution < -0.4 is 11.1 Å². The number of nitrogens with two attached hydrogens (primary N) is 1. The van der Waals surface area contributed by atoms with Crippen LogP contribution in [0, 0.1) is 0 Å². The van der Waals surface area contributed by atoms with Crippen LogP contribution in [0.2, 0.25) is 0 Å². The molecule has 1 aromatic heterocycles. The van der Waals surface area contributed by atoms with Crippen molar-refractivity contribution in [1.82, 2.24) is 20.3 Å². The molecule has 0 spiro atoms. The molecule has 0 bridgehead atoms. The summed E-state index contributed by atoms with van der Waals surface area (Å²) in [6.45, 7) is 3.87. The Morgan fingerprint density at radius 3 is 3.06 bits per heavy atom. The summed E-state index contributed by atoms with van der Waals surface area (Å²) in [4.78, 5) is 11.2. The molecular formula is C11H21N5O. The van der Waals surface area contributed by atoms with Crippen molar-refractivity contribution in [3.05, 3.63) is 11.9 Å². The average Bonchev–Trinajstić information content (AvgIpc) is 2.75. The highest BCUT2D eigenvalue weighted by Crippen LogP contribution is 2.00. The number of nitrogens with one attached hydrogen (secondary N) is 1. The predicted molar refractivity (Wildman–Crippen MR) is 65.3 cm³/mol. The molecule has 6 heteroatoms. The summed E-state index contributed by atoms with van der Waals surface area (Å²) in [6, 6.07) is 0. The fourth-order valence-electron chi connectivity index (χ4n) is 1.51. The van der Waals surface area contributed by atoms with E-state index in [1.54, 1.807) is 4.68 Å². The molecule has 0 aromatic carbocycles. The van der Waals surface area contributed by atoms with Gasteiger partial charge in [-0.1, -0.05) is 5.21 Å². The van der Waals surface area contributed by atoms with E-state index in [0.29, 0.717) is 26.1 Å². The third-order valence-electron chi connectivity index (χ3n) is 2.42. The summed E-state index contributed by atoms with van der Waals surface area (Å²) in [5.74, 6) is 0.0488. The second-order valence-electron chi connectivity index (χ2n) is 3.92. The monoisotopic (exact) mass is 239 g/mol. The van der Waals surface area contributed by atoms with Crippen molar-refractivity contribution in [3.8, 4) is 0 Å². The van der Waals surface area contributed by atoms with E-state index in [9.17, 15) is 4.79 Å². The summed E-state index contributed by atoms with van der Waals surface area (Å²) in [5, 5.41) is 10.8. The van der Waals surface area contributed by atoms with Gasteiger partial charge in [0.25, 0.3) is 0 Å². The van der Waals surface area contributed by atoms with Gasteiger partial charge in [-0.15, -0.1) is 5.10 Å². The quantitative estimate of drug-likeness (QED) is 0.629. The van der Waals surface area contributed by atoms with E-state index in [4.69, 9.17) is 5.73 Å². The number of amides is 1. The molecule has 0 unspecified atom stereocenters. The number of aromatic nitrogens is 3. The van der Waals surface area contributed by atoms with Crippen molar-refractivity contribution in [2.75, 3.05) is 13.1 Å². The van der Waals surface area contributed by atoms with Gasteiger partial charge in [-0.3, -0.25) is 9.48 Å². The maximum absolute atomic E-state index is 11.2. The van der Waals surface area contributed by atoms with E-state index in [-0.39, 0.29) is 5.91 Å². The fraction of sp³-hybridized carbons (Fsp3) is 0.727. The highest BCUT2D eigenvalue weighted by atomic mass is 16.1. The van der Waals surface area contributed by atoms with Crippen molar-refractivity contribution in [3.63, 3.8) is 0 Å². The van der Waals surface area contributed by atoms with E-state index < -0.39 is 0 Å². The van der Waals surface area contributed by atoms with Gasteiger partial charge >= 0.3 is 0 Å². The summed E-state index contributed by atoms with van der Waals surface area (Å²) in [6.07, 6.45) is 5.28. The van der Waals surface area contributed by atoms with Gasteiger partial charge in [0.2, 0.25) is 5.91 Å². The molecule has 0 saturated heterocycles. The van der Waals surface area contributed by atoms with Crippen LogP contribution in [0.25, 0.3) is 0 Å². The van der Waals surface area contributed by atoms with Crippen LogP contribution in [0.5, 0.6) is 0 Å². The highest BCUT2D eigenvalue weighted by molar-refractivity contribution is 5.75. The molecule has 1 heterocycles. The molecule has 0 aliphatic heterocycles. The van der Waals surface area contributed by atoms with Crippen LogP contribution in [-0.2, 0) is 17.8 Å². The number of nitrogens with zero attached hydrogens (tertiary/aromatic N) is 3. The molecule has 0 aliphatic rings. The third-order valence-corrected chi connectivity index (χ3v) is 2.42. The standard InChI is InChI=1S/C11H21N5O/c1-2-13-11(17)6-8-16-9-10(14-15-16)5-3-4-7-12/h9H,2-8,12H2,1H3,(H,13,17). The number of hydrogen-bond acceptors (Lipinski definition) is 4. The van der Waals surface area contributed by atoms with E-state index in [1.807, 2.05) is 13.1 Å². The molecule has 0 radical (unpaired) electrons. The SMILES string of the molecule is CCNC(=O)CCn1cc(CCCCN)nn1. The van der Waals surface area contributed by atoms with Crippen LogP contribution in [0.1, 0.15) is 31.9 Å². The maximum atomic E-state index is 11.2. The smallest absolute Gasteiger partial charge is 0.221 e. The van der Waals surface area contributed by atoms with Gasteiger partial charge < -0.3 is 11.1 Å². The van der Waals surface area contributed by atoms with Gasteiger partial charge in [-0.05, 0) is 32.7 Å². The second-order valence-corrected chi connectivity index (χ2v) is 3.92. The molecule has 0 fully saturated rings. The molecule has 0 aliphatic carbocycles. The Bertz CT molecular complexity index is 336. The van der Waals surface area contributed by atoms with Crippen molar-refractivity contribution >= 4 is 5.91 Å². The number of rotatable bonds is 8. The number of carbonyl (C=O) groups is 1. The Kier molecular flexibility index (Phi) is 6.24. The van der Waals surface area contributed by atoms with E-state index in [1.165, 1.54) is 0 Å². The lowest BCUT2D eigenvalue weighted by Gasteiger charge is -2.01. The zero-order chi connectivity index (χ0) is 12.5. The first-order chi connectivity index (χ1) is 8.26. The predicted octanol–water partition coefficient (Wildman–Crippen LogP) is 0.0857. The largest absolute Gasteiger partial charge is 0.356 e. The lowest BCUT2D eigenvalue weighted by Crippen LogP contribution is -2.23. The van der Waals surface area contributed by atoms with Crippen molar-refractivity contribution < 1.29 is 4.79 Å². The maximum Gasteiger partial charge on any atom is 0.221 e. The minimum Gasteiger partial charge on any atom is -0.356 e. The molecule has 96 valence electrons. The van der Waals surface area contributed by atoms with Crippen LogP contribution in [0.15, 0.2) is 6.20 Å². The van der Waals surface area contributed by atoms with Crippen molar-refractivity contribution in [2.24, 2.45) is 5.73 Å². The molecule has 1 aromatic rings. The van der Waals surface area contributed by atoms with Crippen LogP contribution in [-0.4, -0.2) is 34.0 Å². The first-order valence-electron chi connectivity index (χ1n) is 6.12. The Labute approximate surface area is 102 Å². The highest BCUT2D eigenvalue weighted by Gasteiger charge is 2.03. The molecular weight excluding hydrogens is 218 g/mol. The van der Waals surface area contributed by atoms with Gasteiger partial charge in [0.15, 0.2) is 0 Å². The minimum absolute atomic E-state index is 0.0488. The van der Waals surface area contributed by atoms with Crippen LogP contribution in [0.4, 0.5) is 0 Å². The summed E-state index contributed by atoms with van der Waals surface area (Å²) in [7, 11) is 0. The molecule has 0 atom stereocenters. The van der Waals surface area contributed by atoms with Crippen LogP contribution >= 0.6 is 0 Å². The van der Waals surface area contributed by atoms with Gasteiger partial charge in [0.1, 0.15) is 0 Å². The van der Waals surface area contributed by atoms with Crippen molar-refractivity contribution in [1.29, 1.82) is 0 Å². The zero-order valence-corrected chi connectivity index (χ0v) is 10.4. The number of aryl methyl sites for hydroxylation is 2. The lowest BCUT2D eigenvalue weighted by molar-refractivity contribution is -0.121. The third kappa shape index (κ3) is 5.44. The molecule has 1 amide bonds. The molecule has 1 rings (SSSR count). The second kappa shape index (κ2) is 7.78. The molecule has 17 heavy (non-hydrogen) atoms. The first-order valence-corrected chi connectivity index (χ1v) is 6.12. The Hall–Kier alpha value is -1.43. The van der Waals surface area contributed by atoms with E-state index in [2.05, 4.69) is 15.6 Å². The van der Waals surface area contributed by atoms with Gasteiger partial charge in [-0.25, -0.2) is 0 Å². The lowest BCUT2D eigenvalue weighted by atomic mass is 10.2. The summed E-state index contributed by atoms with van der Waals surface area (Å²) < 4.78 is 1.72. The number of unbranched alkanes of at least 4 members (excludes halogenated alkanes) is 1. The Balaban J connectivity index is 2.27.